The van der Waals surface area contributed by atoms with E-state index in [0.717, 1.165) is 5.56 Å². The van der Waals surface area contributed by atoms with Crippen LogP contribution in [0.3, 0.4) is 0 Å². The molecule has 0 unspecified atom stereocenters. The highest BCUT2D eigenvalue weighted by molar-refractivity contribution is 5.58. The molecule has 0 spiro atoms. The number of rotatable bonds is 1. The van der Waals surface area contributed by atoms with Crippen LogP contribution in [0, 0.1) is 0 Å². The predicted octanol–water partition coefficient (Wildman–Crippen LogP) is 0.791. The lowest BCUT2D eigenvalue weighted by atomic mass is 10.3. The van der Waals surface area contributed by atoms with Gasteiger partial charge in [0.2, 0.25) is 0 Å². The van der Waals surface area contributed by atoms with Gasteiger partial charge in [-0.15, -0.1) is 0 Å². The Labute approximate surface area is 52.9 Å². The molecule has 0 fully saturated rings. The second kappa shape index (κ2) is 2.26. The van der Waals surface area contributed by atoms with Crippen LogP contribution in [0.25, 0.3) is 6.08 Å². The van der Waals surface area contributed by atoms with Gasteiger partial charge >= 0.3 is 0 Å². The minimum absolute atomic E-state index is 0.400. The van der Waals surface area contributed by atoms with Crippen molar-refractivity contribution in [1.29, 1.82) is 0 Å². The minimum Gasteiger partial charge on any atom is -0.449 e. The van der Waals surface area contributed by atoms with Crippen LogP contribution in [0.1, 0.15) is 5.56 Å². The van der Waals surface area contributed by atoms with Crippen LogP contribution < -0.4 is 11.5 Å². The van der Waals surface area contributed by atoms with E-state index in [1.807, 2.05) is 0 Å². The summed E-state index contributed by atoms with van der Waals surface area (Å²) in [6.45, 7) is 0. The first-order valence-electron chi connectivity index (χ1n) is 2.56. The number of hydrogen-bond acceptors (Lipinski definition) is 3. The van der Waals surface area contributed by atoms with Gasteiger partial charge in [-0.2, -0.15) is 0 Å². The van der Waals surface area contributed by atoms with E-state index >= 15 is 0 Å². The fourth-order valence-electron chi connectivity index (χ4n) is 0.572. The maximum atomic E-state index is 5.35. The SMILES string of the molecule is N/C=C\c1ccoc1N. The average Bonchev–Trinajstić information content (AvgIpc) is 2.18. The van der Waals surface area contributed by atoms with Gasteiger partial charge in [-0.05, 0) is 18.3 Å². The minimum atomic E-state index is 0.400. The third-order valence-corrected chi connectivity index (χ3v) is 1.00. The average molecular weight is 124 g/mol. The molecule has 0 aromatic carbocycles. The zero-order chi connectivity index (χ0) is 6.69. The first-order chi connectivity index (χ1) is 4.34. The van der Waals surface area contributed by atoms with Gasteiger partial charge in [0.05, 0.1) is 6.26 Å². The largest absolute Gasteiger partial charge is 0.449 e. The quantitative estimate of drug-likeness (QED) is 0.581. The Bertz CT molecular complexity index is 215. The fraction of sp³-hybridized carbons (Fsp3) is 0. The Balaban J connectivity index is 2.94. The van der Waals surface area contributed by atoms with Crippen molar-refractivity contribution in [1.82, 2.24) is 0 Å². The van der Waals surface area contributed by atoms with Gasteiger partial charge in [0.25, 0.3) is 0 Å². The zero-order valence-electron chi connectivity index (χ0n) is 4.87. The molecule has 48 valence electrons. The number of nitrogen functional groups attached to an aromatic ring is 1. The molecule has 0 saturated carbocycles. The molecule has 0 aliphatic heterocycles. The summed E-state index contributed by atoms with van der Waals surface area (Å²) in [5, 5.41) is 0. The van der Waals surface area contributed by atoms with Gasteiger partial charge in [0.1, 0.15) is 0 Å². The topological polar surface area (TPSA) is 65.2 Å². The van der Waals surface area contributed by atoms with Crippen molar-refractivity contribution in [2.45, 2.75) is 0 Å². The predicted molar refractivity (Wildman–Crippen MR) is 36.3 cm³/mol. The van der Waals surface area contributed by atoms with Gasteiger partial charge in [-0.1, -0.05) is 0 Å². The molecular weight excluding hydrogens is 116 g/mol. The van der Waals surface area contributed by atoms with Crippen molar-refractivity contribution < 1.29 is 4.42 Å². The Morgan fingerprint density at radius 1 is 1.56 bits per heavy atom. The normalized spacial score (nSPS) is 10.7. The third-order valence-electron chi connectivity index (χ3n) is 1.00. The summed E-state index contributed by atoms with van der Waals surface area (Å²) in [5.41, 5.74) is 11.3. The van der Waals surface area contributed by atoms with E-state index in [0.29, 0.717) is 5.88 Å². The number of furan rings is 1. The maximum absolute atomic E-state index is 5.35. The molecule has 3 nitrogen and oxygen atoms in total. The molecule has 0 aliphatic carbocycles. The van der Waals surface area contributed by atoms with Crippen LogP contribution in [-0.2, 0) is 0 Å². The zero-order valence-corrected chi connectivity index (χ0v) is 4.87. The van der Waals surface area contributed by atoms with Gasteiger partial charge in [-0.3, -0.25) is 0 Å². The van der Waals surface area contributed by atoms with E-state index in [4.69, 9.17) is 15.9 Å². The third kappa shape index (κ3) is 1.05. The van der Waals surface area contributed by atoms with Crippen molar-refractivity contribution >= 4 is 12.0 Å². The molecule has 4 N–H and O–H groups in total. The molecule has 0 aliphatic rings. The standard InChI is InChI=1S/C6H8N2O/c7-3-1-5-2-4-9-6(5)8/h1-4H,7-8H2/b3-1-. The van der Waals surface area contributed by atoms with Crippen LogP contribution in [0.5, 0.6) is 0 Å². The van der Waals surface area contributed by atoms with E-state index in [2.05, 4.69) is 0 Å². The van der Waals surface area contributed by atoms with Gasteiger partial charge in [0, 0.05) is 5.56 Å². The highest BCUT2D eigenvalue weighted by atomic mass is 16.3. The summed E-state index contributed by atoms with van der Waals surface area (Å²) in [4.78, 5) is 0. The molecular formula is C6H8N2O. The molecule has 1 aromatic rings. The van der Waals surface area contributed by atoms with Crippen LogP contribution in [0.4, 0.5) is 5.88 Å². The molecule has 3 heteroatoms. The lowest BCUT2D eigenvalue weighted by molar-refractivity contribution is 0.587. The van der Waals surface area contributed by atoms with Crippen molar-refractivity contribution in [2.75, 3.05) is 5.73 Å². The van der Waals surface area contributed by atoms with Crippen LogP contribution in [0.15, 0.2) is 22.9 Å². The number of nitrogens with two attached hydrogens (primary N) is 2. The van der Waals surface area contributed by atoms with E-state index in [9.17, 15) is 0 Å². The van der Waals surface area contributed by atoms with Crippen LogP contribution in [-0.4, -0.2) is 0 Å². The van der Waals surface area contributed by atoms with Crippen molar-refractivity contribution in [3.63, 3.8) is 0 Å². The second-order valence-electron chi connectivity index (χ2n) is 1.60. The van der Waals surface area contributed by atoms with Gasteiger partial charge < -0.3 is 15.9 Å². The smallest absolute Gasteiger partial charge is 0.197 e. The van der Waals surface area contributed by atoms with E-state index in [-0.39, 0.29) is 0 Å². The summed E-state index contributed by atoms with van der Waals surface area (Å²) in [6.07, 6.45) is 4.62. The van der Waals surface area contributed by atoms with Gasteiger partial charge in [-0.25, -0.2) is 0 Å². The van der Waals surface area contributed by atoms with E-state index in [1.54, 1.807) is 12.1 Å². The maximum Gasteiger partial charge on any atom is 0.197 e. The van der Waals surface area contributed by atoms with Crippen molar-refractivity contribution in [3.05, 3.63) is 24.1 Å². The molecule has 0 bridgehead atoms. The first-order valence-corrected chi connectivity index (χ1v) is 2.56. The fourth-order valence-corrected chi connectivity index (χ4v) is 0.572. The van der Waals surface area contributed by atoms with Gasteiger partial charge in [0.15, 0.2) is 5.88 Å². The lowest BCUT2D eigenvalue weighted by Gasteiger charge is -1.84. The summed E-state index contributed by atoms with van der Waals surface area (Å²) in [7, 11) is 0. The van der Waals surface area contributed by atoms with E-state index in [1.165, 1.54) is 12.5 Å². The lowest BCUT2D eigenvalue weighted by Crippen LogP contribution is -1.83. The first kappa shape index (κ1) is 5.75. The summed E-state index contributed by atoms with van der Waals surface area (Å²) < 4.78 is 4.79. The summed E-state index contributed by atoms with van der Waals surface area (Å²) in [5.74, 6) is 0.400. The Morgan fingerprint density at radius 3 is 2.78 bits per heavy atom. The molecule has 1 heterocycles. The highest BCUT2D eigenvalue weighted by Gasteiger charge is 1.94. The molecule has 0 radical (unpaired) electrons. The molecule has 9 heavy (non-hydrogen) atoms. The molecule has 1 rings (SSSR count). The second-order valence-corrected chi connectivity index (χ2v) is 1.60. The van der Waals surface area contributed by atoms with Crippen molar-refractivity contribution in [2.24, 2.45) is 5.73 Å². The summed E-state index contributed by atoms with van der Waals surface area (Å²) in [6, 6.07) is 1.75. The molecule has 0 amide bonds. The van der Waals surface area contributed by atoms with E-state index < -0.39 is 0 Å². The highest BCUT2D eigenvalue weighted by Crippen LogP contribution is 2.12. The van der Waals surface area contributed by atoms with Crippen molar-refractivity contribution in [3.8, 4) is 0 Å². The Kier molecular flexibility index (Phi) is 1.44. The Hall–Kier alpha value is -1.38. The Morgan fingerprint density at radius 2 is 2.33 bits per heavy atom. The molecule has 1 aromatic heterocycles. The van der Waals surface area contributed by atoms with Crippen LogP contribution in [0.2, 0.25) is 0 Å². The molecule has 0 saturated heterocycles. The van der Waals surface area contributed by atoms with Crippen LogP contribution >= 0.6 is 0 Å². The molecule has 0 atom stereocenters. The number of anilines is 1. The summed E-state index contributed by atoms with van der Waals surface area (Å²) >= 11 is 0. The number of hydrogen-bond donors (Lipinski definition) is 2. The monoisotopic (exact) mass is 124 g/mol.